The van der Waals surface area contributed by atoms with E-state index in [4.69, 9.17) is 14.2 Å². The number of ether oxygens (including phenoxy) is 3. The Bertz CT molecular complexity index is 699. The Morgan fingerprint density at radius 3 is 2.44 bits per heavy atom. The van der Waals surface area contributed by atoms with Gasteiger partial charge < -0.3 is 14.2 Å². The van der Waals surface area contributed by atoms with Crippen molar-refractivity contribution >= 4 is 15.9 Å². The van der Waals surface area contributed by atoms with Crippen molar-refractivity contribution in [3.8, 4) is 11.5 Å². The van der Waals surface area contributed by atoms with Crippen LogP contribution in [-0.2, 0) is 17.8 Å². The van der Waals surface area contributed by atoms with Crippen LogP contribution in [0.4, 0.5) is 0 Å². The summed E-state index contributed by atoms with van der Waals surface area (Å²) in [4.78, 5) is 2.47. The molecule has 1 aliphatic heterocycles. The summed E-state index contributed by atoms with van der Waals surface area (Å²) in [5, 5.41) is 0. The van der Waals surface area contributed by atoms with Crippen molar-refractivity contribution in [2.45, 2.75) is 26.4 Å². The molecule has 0 bridgehead atoms. The van der Waals surface area contributed by atoms with Gasteiger partial charge in [0.25, 0.3) is 0 Å². The van der Waals surface area contributed by atoms with Crippen molar-refractivity contribution in [1.82, 2.24) is 4.90 Å². The normalized spacial score (nSPS) is 14.9. The lowest BCUT2D eigenvalue weighted by molar-refractivity contribution is 0.0374. The topological polar surface area (TPSA) is 30.9 Å². The summed E-state index contributed by atoms with van der Waals surface area (Å²) < 4.78 is 18.3. The van der Waals surface area contributed by atoms with E-state index in [1.807, 2.05) is 25.1 Å². The minimum atomic E-state index is 0.531. The highest BCUT2D eigenvalue weighted by atomic mass is 79.9. The van der Waals surface area contributed by atoms with E-state index in [0.29, 0.717) is 13.2 Å². The Kier molecular flexibility index (Phi) is 7.99. The van der Waals surface area contributed by atoms with Crippen molar-refractivity contribution in [2.24, 2.45) is 0 Å². The first-order chi connectivity index (χ1) is 13.2. The quantitative estimate of drug-likeness (QED) is 0.573. The minimum Gasteiger partial charge on any atom is -0.490 e. The number of aryl methyl sites for hydroxylation is 1. The van der Waals surface area contributed by atoms with E-state index in [1.165, 1.54) is 5.56 Å². The molecule has 2 aromatic carbocycles. The molecule has 1 saturated heterocycles. The molecule has 0 unspecified atom stereocenters. The van der Waals surface area contributed by atoms with Crippen LogP contribution in [-0.4, -0.2) is 44.4 Å². The zero-order valence-corrected chi connectivity index (χ0v) is 17.5. The van der Waals surface area contributed by atoms with Crippen molar-refractivity contribution in [3.05, 3.63) is 58.1 Å². The molecule has 2 aromatic rings. The molecule has 4 nitrogen and oxygen atoms in total. The fraction of sp³-hybridized carbons (Fsp3) is 0.455. The number of halogens is 1. The lowest BCUT2D eigenvalue weighted by Gasteiger charge is -2.26. The molecule has 1 aliphatic rings. The fourth-order valence-corrected chi connectivity index (χ4v) is 3.43. The van der Waals surface area contributed by atoms with Crippen molar-refractivity contribution in [1.29, 1.82) is 0 Å². The Balaban J connectivity index is 1.55. The lowest BCUT2D eigenvalue weighted by atomic mass is 10.1. The molecule has 0 spiro atoms. The second kappa shape index (κ2) is 10.7. The van der Waals surface area contributed by atoms with E-state index in [9.17, 15) is 0 Å². The van der Waals surface area contributed by atoms with Gasteiger partial charge >= 0.3 is 0 Å². The van der Waals surface area contributed by atoms with Gasteiger partial charge in [-0.3, -0.25) is 4.90 Å². The number of benzene rings is 2. The van der Waals surface area contributed by atoms with Gasteiger partial charge in [-0.05, 0) is 61.7 Å². The van der Waals surface area contributed by atoms with E-state index in [0.717, 1.165) is 67.2 Å². The van der Waals surface area contributed by atoms with E-state index in [1.54, 1.807) is 0 Å². The van der Waals surface area contributed by atoms with E-state index in [2.05, 4.69) is 45.1 Å². The number of hydrogen-bond donors (Lipinski definition) is 0. The second-order valence-corrected chi connectivity index (χ2v) is 7.60. The molecule has 0 N–H and O–H groups in total. The van der Waals surface area contributed by atoms with E-state index in [-0.39, 0.29) is 0 Å². The number of morpholine rings is 1. The van der Waals surface area contributed by atoms with Gasteiger partial charge in [-0.1, -0.05) is 34.1 Å². The molecule has 5 heteroatoms. The molecule has 0 radical (unpaired) electrons. The third kappa shape index (κ3) is 6.52. The Labute approximate surface area is 170 Å². The van der Waals surface area contributed by atoms with Crippen LogP contribution in [0, 0.1) is 0 Å². The average molecular weight is 434 g/mol. The molecule has 0 aromatic heterocycles. The van der Waals surface area contributed by atoms with Gasteiger partial charge in [-0.15, -0.1) is 0 Å². The van der Waals surface area contributed by atoms with Gasteiger partial charge in [0.05, 0.1) is 19.8 Å². The Hall–Kier alpha value is -1.56. The van der Waals surface area contributed by atoms with Crippen LogP contribution in [0.5, 0.6) is 11.5 Å². The van der Waals surface area contributed by atoms with Crippen molar-refractivity contribution in [3.63, 3.8) is 0 Å². The summed E-state index contributed by atoms with van der Waals surface area (Å²) in [7, 11) is 0. The third-order valence-electron chi connectivity index (χ3n) is 4.66. The predicted octanol–water partition coefficient (Wildman–Crippen LogP) is 4.69. The summed E-state index contributed by atoms with van der Waals surface area (Å²) >= 11 is 3.46. The third-order valence-corrected chi connectivity index (χ3v) is 5.19. The highest BCUT2D eigenvalue weighted by Gasteiger charge is 2.11. The Morgan fingerprint density at radius 1 is 0.963 bits per heavy atom. The molecule has 0 saturated carbocycles. The zero-order valence-electron chi connectivity index (χ0n) is 16.0. The van der Waals surface area contributed by atoms with Crippen molar-refractivity contribution < 1.29 is 14.2 Å². The van der Waals surface area contributed by atoms with Gasteiger partial charge in [-0.2, -0.15) is 0 Å². The molecule has 27 heavy (non-hydrogen) atoms. The summed E-state index contributed by atoms with van der Waals surface area (Å²) in [6.45, 7) is 8.10. The Morgan fingerprint density at radius 2 is 1.70 bits per heavy atom. The molecule has 1 heterocycles. The molecule has 1 fully saturated rings. The molecule has 3 rings (SSSR count). The van der Waals surface area contributed by atoms with Gasteiger partial charge in [0.1, 0.15) is 6.61 Å². The van der Waals surface area contributed by atoms with Crippen LogP contribution in [0.15, 0.2) is 46.9 Å². The first-order valence-corrected chi connectivity index (χ1v) is 10.5. The van der Waals surface area contributed by atoms with E-state index >= 15 is 0 Å². The largest absolute Gasteiger partial charge is 0.490 e. The summed E-state index contributed by atoms with van der Waals surface area (Å²) in [5.74, 6) is 1.63. The maximum Gasteiger partial charge on any atom is 0.161 e. The summed E-state index contributed by atoms with van der Waals surface area (Å²) in [6.07, 6.45) is 2.19. The number of hydrogen-bond acceptors (Lipinski definition) is 4. The molecule has 146 valence electrons. The monoisotopic (exact) mass is 433 g/mol. The smallest absolute Gasteiger partial charge is 0.161 e. The summed E-state index contributed by atoms with van der Waals surface area (Å²) in [5.41, 5.74) is 2.43. The van der Waals surface area contributed by atoms with Gasteiger partial charge in [0.15, 0.2) is 11.5 Å². The van der Waals surface area contributed by atoms with Gasteiger partial charge in [0, 0.05) is 17.6 Å². The number of nitrogens with zero attached hydrogens (tertiary/aromatic N) is 1. The zero-order chi connectivity index (χ0) is 18.9. The lowest BCUT2D eigenvalue weighted by Crippen LogP contribution is -2.36. The van der Waals surface area contributed by atoms with Crippen LogP contribution >= 0.6 is 15.9 Å². The SMILES string of the molecule is CCOc1cc(CCCN2CCOCC2)ccc1OCc1ccc(Br)cc1. The fourth-order valence-electron chi connectivity index (χ4n) is 3.17. The van der Waals surface area contributed by atoms with E-state index < -0.39 is 0 Å². The molecular formula is C22H28BrNO3. The number of rotatable bonds is 9. The van der Waals surface area contributed by atoms with Crippen LogP contribution in [0.25, 0.3) is 0 Å². The van der Waals surface area contributed by atoms with Crippen LogP contribution < -0.4 is 9.47 Å². The standard InChI is InChI=1S/C22H28BrNO3/c1-2-26-22-16-18(4-3-11-24-12-14-25-15-13-24)7-10-21(22)27-17-19-5-8-20(23)9-6-19/h5-10,16H,2-4,11-15,17H2,1H3. The predicted molar refractivity (Wildman–Crippen MR) is 112 cm³/mol. The highest BCUT2D eigenvalue weighted by molar-refractivity contribution is 9.10. The first kappa shape index (κ1) is 20.2. The van der Waals surface area contributed by atoms with Crippen LogP contribution in [0.3, 0.4) is 0 Å². The highest BCUT2D eigenvalue weighted by Crippen LogP contribution is 2.30. The molecule has 0 amide bonds. The molecule has 0 atom stereocenters. The second-order valence-electron chi connectivity index (χ2n) is 6.69. The molecular weight excluding hydrogens is 406 g/mol. The van der Waals surface area contributed by atoms with Crippen molar-refractivity contribution in [2.75, 3.05) is 39.5 Å². The maximum absolute atomic E-state index is 6.01. The van der Waals surface area contributed by atoms with Crippen LogP contribution in [0.2, 0.25) is 0 Å². The minimum absolute atomic E-state index is 0.531. The first-order valence-electron chi connectivity index (χ1n) is 9.67. The maximum atomic E-state index is 6.01. The average Bonchev–Trinajstić information content (AvgIpc) is 2.70. The van der Waals surface area contributed by atoms with Crippen LogP contribution in [0.1, 0.15) is 24.5 Å². The van der Waals surface area contributed by atoms with Gasteiger partial charge in [-0.25, -0.2) is 0 Å². The van der Waals surface area contributed by atoms with Gasteiger partial charge in [0.2, 0.25) is 0 Å². The summed E-state index contributed by atoms with van der Waals surface area (Å²) in [6, 6.07) is 14.5. The molecule has 0 aliphatic carbocycles.